The van der Waals surface area contributed by atoms with Crippen molar-refractivity contribution in [2.45, 2.75) is 78.5 Å². The highest BCUT2D eigenvalue weighted by molar-refractivity contribution is 6.06. The summed E-state index contributed by atoms with van der Waals surface area (Å²) in [6, 6.07) is 14.7. The lowest BCUT2D eigenvalue weighted by molar-refractivity contribution is 0.0561. The number of nitrogens with two attached hydrogens (primary N) is 1. The number of para-hydroxylation sites is 1. The van der Waals surface area contributed by atoms with E-state index in [4.69, 9.17) is 20.6 Å². The van der Waals surface area contributed by atoms with Crippen molar-refractivity contribution in [2.24, 2.45) is 4.99 Å². The third kappa shape index (κ3) is 9.16. The maximum atomic E-state index is 12.8. The Kier molecular flexibility index (Phi) is 11.1. The van der Waals surface area contributed by atoms with E-state index >= 15 is 0 Å². The second-order valence-electron chi connectivity index (χ2n) is 11.9. The van der Waals surface area contributed by atoms with E-state index in [1.54, 1.807) is 45.0 Å². The van der Waals surface area contributed by atoms with Gasteiger partial charge in [0, 0.05) is 30.5 Å². The molecule has 244 valence electrons. The van der Waals surface area contributed by atoms with Gasteiger partial charge in [0.1, 0.15) is 16.9 Å². The van der Waals surface area contributed by atoms with Crippen LogP contribution in [0.3, 0.4) is 0 Å². The van der Waals surface area contributed by atoms with Crippen LogP contribution in [0, 0.1) is 0 Å². The zero-order valence-corrected chi connectivity index (χ0v) is 26.7. The standard InChI is InChI=1S/C33H42N8O5/c1-5-6-13-25-38-26-27(23-11-7-8-12-24(23)37-28(26)34)41(25)19-10-9-18-35-29(42)22-16-14-21(15-17-22)20-36-30(39-31(43)44)40-32(45)46-33(2,3)4/h7-8,11-12,14-17H,5-6,9-10,13,18-20H2,1-4H3,(H2,34,37)(H,35,42)(H,43,44)(H2,36,39,40,45). The van der Waals surface area contributed by atoms with Crippen LogP contribution in [-0.4, -0.2) is 55.8 Å². The summed E-state index contributed by atoms with van der Waals surface area (Å²) in [6.07, 6.45) is 2.33. The number of anilines is 1. The molecule has 0 saturated heterocycles. The number of aliphatic imine (C=N–C) groups is 1. The molecule has 6 N–H and O–H groups in total. The van der Waals surface area contributed by atoms with Gasteiger partial charge in [-0.3, -0.25) is 15.4 Å². The van der Waals surface area contributed by atoms with Crippen molar-refractivity contribution in [1.82, 2.24) is 30.5 Å². The number of benzene rings is 2. The first kappa shape index (κ1) is 33.7. The number of pyridine rings is 1. The van der Waals surface area contributed by atoms with Crippen molar-refractivity contribution < 1.29 is 24.2 Å². The molecule has 0 spiro atoms. The van der Waals surface area contributed by atoms with E-state index in [2.05, 4.69) is 38.2 Å². The van der Waals surface area contributed by atoms with Crippen LogP contribution in [0.5, 0.6) is 0 Å². The van der Waals surface area contributed by atoms with Crippen LogP contribution < -0.4 is 21.7 Å². The highest BCUT2D eigenvalue weighted by Gasteiger charge is 2.19. The number of nitrogens with one attached hydrogen (secondary N) is 3. The Morgan fingerprint density at radius 1 is 1.00 bits per heavy atom. The zero-order chi connectivity index (χ0) is 33.3. The number of guanidine groups is 1. The maximum Gasteiger partial charge on any atom is 0.414 e. The number of nitrogens with zero attached hydrogens (tertiary/aromatic N) is 4. The molecule has 46 heavy (non-hydrogen) atoms. The quantitative estimate of drug-likeness (QED) is 0.0831. The number of hydrogen-bond acceptors (Lipinski definition) is 8. The lowest BCUT2D eigenvalue weighted by Crippen LogP contribution is -2.45. The van der Waals surface area contributed by atoms with E-state index in [0.29, 0.717) is 23.5 Å². The van der Waals surface area contributed by atoms with Crippen LogP contribution >= 0.6 is 0 Å². The third-order valence-corrected chi connectivity index (χ3v) is 7.02. The molecule has 0 radical (unpaired) electrons. The largest absolute Gasteiger partial charge is 0.465 e. The van der Waals surface area contributed by atoms with Gasteiger partial charge < -0.3 is 25.5 Å². The molecule has 4 aromatic rings. The number of imidazole rings is 1. The number of ether oxygens (including phenoxy) is 1. The molecule has 3 amide bonds. The van der Waals surface area contributed by atoms with Gasteiger partial charge in [0.25, 0.3) is 5.91 Å². The molecular weight excluding hydrogens is 588 g/mol. The Balaban J connectivity index is 1.33. The number of alkyl carbamates (subject to hydrolysis) is 1. The van der Waals surface area contributed by atoms with E-state index in [1.807, 2.05) is 23.5 Å². The Morgan fingerprint density at radius 3 is 2.43 bits per heavy atom. The van der Waals surface area contributed by atoms with E-state index < -0.39 is 17.8 Å². The normalized spacial score (nSPS) is 11.9. The van der Waals surface area contributed by atoms with Gasteiger partial charge in [0.15, 0.2) is 5.82 Å². The average molecular weight is 631 g/mol. The van der Waals surface area contributed by atoms with E-state index in [-0.39, 0.29) is 18.4 Å². The van der Waals surface area contributed by atoms with Gasteiger partial charge in [0.2, 0.25) is 5.96 Å². The van der Waals surface area contributed by atoms with E-state index in [9.17, 15) is 14.4 Å². The van der Waals surface area contributed by atoms with Crippen LogP contribution in [0.4, 0.5) is 15.4 Å². The fraction of sp³-hybridized carbons (Fsp3) is 0.394. The minimum Gasteiger partial charge on any atom is -0.465 e. The molecule has 0 bridgehead atoms. The van der Waals surface area contributed by atoms with E-state index in [1.165, 1.54) is 0 Å². The number of aromatic nitrogens is 3. The maximum absolute atomic E-state index is 12.8. The first-order valence-corrected chi connectivity index (χ1v) is 15.4. The molecule has 13 nitrogen and oxygen atoms in total. The summed E-state index contributed by atoms with van der Waals surface area (Å²) in [7, 11) is 0. The number of carboxylic acid groups (broad SMARTS) is 1. The van der Waals surface area contributed by atoms with Crippen molar-refractivity contribution in [2.75, 3.05) is 12.3 Å². The summed E-state index contributed by atoms with van der Waals surface area (Å²) in [5, 5.41) is 17.4. The van der Waals surface area contributed by atoms with Crippen molar-refractivity contribution in [3.8, 4) is 0 Å². The number of unbranched alkanes of at least 4 members (excludes halogenated alkanes) is 2. The Morgan fingerprint density at radius 2 is 1.74 bits per heavy atom. The van der Waals surface area contributed by atoms with Crippen LogP contribution in [-0.2, 0) is 24.2 Å². The van der Waals surface area contributed by atoms with Crippen molar-refractivity contribution in [3.63, 3.8) is 0 Å². The fourth-order valence-corrected chi connectivity index (χ4v) is 4.91. The van der Waals surface area contributed by atoms with Gasteiger partial charge in [-0.05, 0) is 63.8 Å². The van der Waals surface area contributed by atoms with Crippen molar-refractivity contribution in [3.05, 3.63) is 65.5 Å². The molecule has 0 fully saturated rings. The molecule has 2 heterocycles. The summed E-state index contributed by atoms with van der Waals surface area (Å²) in [6.45, 7) is 8.54. The van der Waals surface area contributed by atoms with Gasteiger partial charge in [-0.15, -0.1) is 0 Å². The van der Waals surface area contributed by atoms with Gasteiger partial charge in [0.05, 0.1) is 17.6 Å². The molecule has 0 aliphatic rings. The number of fused-ring (bicyclic) bond motifs is 3. The number of rotatable bonds is 11. The molecule has 0 aliphatic carbocycles. The van der Waals surface area contributed by atoms with Crippen molar-refractivity contribution in [1.29, 1.82) is 0 Å². The minimum absolute atomic E-state index is 0.0630. The van der Waals surface area contributed by atoms with Gasteiger partial charge in [-0.2, -0.15) is 0 Å². The van der Waals surface area contributed by atoms with Crippen LogP contribution in [0.1, 0.15) is 75.1 Å². The van der Waals surface area contributed by atoms with Crippen LogP contribution in [0.15, 0.2) is 53.5 Å². The number of hydrogen-bond donors (Lipinski definition) is 5. The third-order valence-electron chi connectivity index (χ3n) is 7.02. The minimum atomic E-state index is -1.38. The van der Waals surface area contributed by atoms with Gasteiger partial charge >= 0.3 is 12.2 Å². The molecule has 2 aromatic carbocycles. The second-order valence-corrected chi connectivity index (χ2v) is 11.9. The average Bonchev–Trinajstić information content (AvgIpc) is 3.36. The molecule has 2 aromatic heterocycles. The van der Waals surface area contributed by atoms with Crippen LogP contribution in [0.25, 0.3) is 21.9 Å². The number of carbonyl (C=O) groups is 3. The van der Waals surface area contributed by atoms with Crippen molar-refractivity contribution >= 4 is 51.8 Å². The summed E-state index contributed by atoms with van der Waals surface area (Å²) < 4.78 is 7.41. The second kappa shape index (κ2) is 15.2. The molecule has 13 heteroatoms. The van der Waals surface area contributed by atoms with Crippen LogP contribution in [0.2, 0.25) is 0 Å². The van der Waals surface area contributed by atoms with Gasteiger partial charge in [-0.25, -0.2) is 24.5 Å². The first-order valence-electron chi connectivity index (χ1n) is 15.4. The highest BCUT2D eigenvalue weighted by atomic mass is 16.6. The highest BCUT2D eigenvalue weighted by Crippen LogP contribution is 2.29. The summed E-state index contributed by atoms with van der Waals surface area (Å²) >= 11 is 0. The summed E-state index contributed by atoms with van der Waals surface area (Å²) in [4.78, 5) is 49.5. The van der Waals surface area contributed by atoms with Gasteiger partial charge in [-0.1, -0.05) is 43.7 Å². The summed E-state index contributed by atoms with van der Waals surface area (Å²) in [5.74, 6) is 0.973. The molecule has 0 unspecified atom stereocenters. The lowest BCUT2D eigenvalue weighted by Gasteiger charge is -2.20. The number of amides is 3. The predicted octanol–water partition coefficient (Wildman–Crippen LogP) is 5.37. The van der Waals surface area contributed by atoms with E-state index in [0.717, 1.165) is 66.4 Å². The number of nitrogen functional groups attached to an aromatic ring is 1. The Hall–Kier alpha value is -5.20. The predicted molar refractivity (Wildman–Crippen MR) is 178 cm³/mol. The molecule has 4 rings (SSSR count). The molecule has 0 aliphatic heterocycles. The number of carbonyl (C=O) groups excluding carboxylic acids is 2. The lowest BCUT2D eigenvalue weighted by atomic mass is 10.1. The summed E-state index contributed by atoms with van der Waals surface area (Å²) in [5.41, 5.74) is 9.33. The molecular formula is C33H42N8O5. The first-order chi connectivity index (χ1) is 21.9. The zero-order valence-electron chi connectivity index (χ0n) is 26.7. The SMILES string of the molecule is CCCCc1nc2c(N)nc3ccccc3c2n1CCCCNC(=O)c1ccc(CN=C(NC(=O)O)NC(=O)OC(C)(C)C)cc1. The fourth-order valence-electron chi connectivity index (χ4n) is 4.91. The number of aryl methyl sites for hydroxylation is 2. The molecule has 0 saturated carbocycles. The Labute approximate surface area is 267 Å². The topological polar surface area (TPSA) is 186 Å². The smallest absolute Gasteiger partial charge is 0.414 e. The Bertz CT molecular complexity index is 1720. The monoisotopic (exact) mass is 630 g/mol. The molecule has 0 atom stereocenters.